The Morgan fingerprint density at radius 3 is 2.62 bits per heavy atom. The lowest BCUT2D eigenvalue weighted by molar-refractivity contribution is 0.00905. The van der Waals surface area contributed by atoms with Gasteiger partial charge in [-0.25, -0.2) is 4.72 Å². The van der Waals surface area contributed by atoms with Gasteiger partial charge in [0.05, 0.1) is 5.60 Å². The van der Waals surface area contributed by atoms with Gasteiger partial charge in [0.2, 0.25) is 0 Å². The van der Waals surface area contributed by atoms with Crippen molar-refractivity contribution in [2.75, 3.05) is 19.6 Å². The van der Waals surface area contributed by atoms with Crippen molar-refractivity contribution in [3.63, 3.8) is 0 Å². The molecule has 1 aliphatic heterocycles. The molecule has 5 nitrogen and oxygen atoms in total. The van der Waals surface area contributed by atoms with Crippen molar-refractivity contribution in [1.29, 1.82) is 0 Å². The van der Waals surface area contributed by atoms with Gasteiger partial charge in [-0.3, -0.25) is 0 Å². The number of piperidine rings is 1. The molecular weight excluding hydrogens is 228 g/mol. The minimum Gasteiger partial charge on any atom is -0.389 e. The molecule has 1 rings (SSSR count). The van der Waals surface area contributed by atoms with Gasteiger partial charge in [0, 0.05) is 19.6 Å². The van der Waals surface area contributed by atoms with Gasteiger partial charge in [-0.05, 0) is 25.7 Å². The Morgan fingerprint density at radius 2 is 2.12 bits per heavy atom. The van der Waals surface area contributed by atoms with Crippen LogP contribution in [0.1, 0.15) is 33.6 Å². The summed E-state index contributed by atoms with van der Waals surface area (Å²) in [7, 11) is -3.43. The summed E-state index contributed by atoms with van der Waals surface area (Å²) in [6.45, 7) is 6.69. The molecule has 1 unspecified atom stereocenters. The summed E-state index contributed by atoms with van der Waals surface area (Å²) < 4.78 is 27.6. The SMILES string of the molecule is CC(C)CNS(=O)(=O)N1CCCC(C)(O)C1. The number of hydrogen-bond donors (Lipinski definition) is 2. The first-order valence-corrected chi connectivity index (χ1v) is 7.14. The smallest absolute Gasteiger partial charge is 0.279 e. The van der Waals surface area contributed by atoms with Gasteiger partial charge in [-0.15, -0.1) is 0 Å². The lowest BCUT2D eigenvalue weighted by Gasteiger charge is -2.35. The molecule has 0 radical (unpaired) electrons. The second kappa shape index (κ2) is 5.00. The summed E-state index contributed by atoms with van der Waals surface area (Å²) in [4.78, 5) is 0. The van der Waals surface area contributed by atoms with Gasteiger partial charge >= 0.3 is 0 Å². The van der Waals surface area contributed by atoms with Crippen molar-refractivity contribution in [1.82, 2.24) is 9.03 Å². The van der Waals surface area contributed by atoms with Crippen LogP contribution in [0.25, 0.3) is 0 Å². The summed E-state index contributed by atoms with van der Waals surface area (Å²) >= 11 is 0. The van der Waals surface area contributed by atoms with Gasteiger partial charge in [0.15, 0.2) is 0 Å². The summed E-state index contributed by atoms with van der Waals surface area (Å²) in [5.41, 5.74) is -0.898. The average molecular weight is 250 g/mol. The second-order valence-electron chi connectivity index (χ2n) is 5.18. The van der Waals surface area contributed by atoms with E-state index in [0.29, 0.717) is 25.9 Å². The summed E-state index contributed by atoms with van der Waals surface area (Å²) in [5, 5.41) is 9.85. The molecule has 6 heteroatoms. The zero-order valence-corrected chi connectivity index (χ0v) is 11.0. The van der Waals surface area contributed by atoms with Gasteiger partial charge in [0.25, 0.3) is 10.2 Å². The van der Waals surface area contributed by atoms with Gasteiger partial charge in [-0.2, -0.15) is 12.7 Å². The van der Waals surface area contributed by atoms with E-state index in [2.05, 4.69) is 4.72 Å². The number of β-amino-alcohol motifs (C(OH)–C–C–N with tert-alkyl or cyclic N) is 1. The Balaban J connectivity index is 2.61. The third-order valence-electron chi connectivity index (χ3n) is 2.65. The van der Waals surface area contributed by atoms with Crippen LogP contribution >= 0.6 is 0 Å². The normalized spacial score (nSPS) is 28.6. The van der Waals surface area contributed by atoms with E-state index in [1.165, 1.54) is 4.31 Å². The highest BCUT2D eigenvalue weighted by Crippen LogP contribution is 2.21. The maximum Gasteiger partial charge on any atom is 0.279 e. The predicted octanol–water partition coefficient (Wildman–Crippen LogP) is 0.324. The van der Waals surface area contributed by atoms with E-state index < -0.39 is 15.8 Å². The highest BCUT2D eigenvalue weighted by atomic mass is 32.2. The maximum atomic E-state index is 11.9. The number of rotatable bonds is 4. The zero-order chi connectivity index (χ0) is 12.4. The molecule has 16 heavy (non-hydrogen) atoms. The Morgan fingerprint density at radius 1 is 1.50 bits per heavy atom. The van der Waals surface area contributed by atoms with Gasteiger partial charge in [0.1, 0.15) is 0 Å². The van der Waals surface area contributed by atoms with E-state index in [4.69, 9.17) is 0 Å². The van der Waals surface area contributed by atoms with E-state index in [-0.39, 0.29) is 12.5 Å². The molecule has 0 spiro atoms. The molecular formula is C10H22N2O3S. The van der Waals surface area contributed by atoms with Crippen LogP contribution in [-0.4, -0.2) is 43.1 Å². The topological polar surface area (TPSA) is 69.6 Å². The highest BCUT2D eigenvalue weighted by Gasteiger charge is 2.34. The minimum absolute atomic E-state index is 0.181. The highest BCUT2D eigenvalue weighted by molar-refractivity contribution is 7.87. The molecule has 1 aliphatic rings. The zero-order valence-electron chi connectivity index (χ0n) is 10.2. The van der Waals surface area contributed by atoms with Crippen molar-refractivity contribution in [2.24, 2.45) is 5.92 Å². The molecule has 0 bridgehead atoms. The first kappa shape index (κ1) is 13.9. The molecule has 0 aliphatic carbocycles. The van der Waals surface area contributed by atoms with Crippen molar-refractivity contribution in [3.05, 3.63) is 0 Å². The number of hydrogen-bond acceptors (Lipinski definition) is 3. The second-order valence-corrected chi connectivity index (χ2v) is 6.94. The molecule has 0 amide bonds. The molecule has 2 N–H and O–H groups in total. The molecule has 0 aromatic carbocycles. The van der Waals surface area contributed by atoms with Crippen LogP contribution in [0.4, 0.5) is 0 Å². The quantitative estimate of drug-likeness (QED) is 0.755. The average Bonchev–Trinajstić information content (AvgIpc) is 2.13. The third kappa shape index (κ3) is 4.01. The summed E-state index contributed by atoms with van der Waals surface area (Å²) in [6.07, 6.45) is 1.36. The monoisotopic (exact) mass is 250 g/mol. The fourth-order valence-corrected chi connectivity index (χ4v) is 3.29. The molecule has 1 saturated heterocycles. The molecule has 1 atom stereocenters. The molecule has 0 aromatic rings. The van der Waals surface area contributed by atoms with Crippen LogP contribution in [0.2, 0.25) is 0 Å². The number of nitrogens with zero attached hydrogens (tertiary/aromatic N) is 1. The Bertz CT molecular complexity index is 325. The maximum absolute atomic E-state index is 11.9. The first-order valence-electron chi connectivity index (χ1n) is 5.70. The van der Waals surface area contributed by atoms with Crippen LogP contribution in [0.15, 0.2) is 0 Å². The van der Waals surface area contributed by atoms with E-state index in [1.807, 2.05) is 13.8 Å². The minimum atomic E-state index is -3.43. The van der Waals surface area contributed by atoms with E-state index >= 15 is 0 Å². The molecule has 1 fully saturated rings. The predicted molar refractivity (Wildman–Crippen MR) is 63.2 cm³/mol. The van der Waals surface area contributed by atoms with Crippen LogP contribution in [0.3, 0.4) is 0 Å². The van der Waals surface area contributed by atoms with Gasteiger partial charge in [-0.1, -0.05) is 13.8 Å². The lowest BCUT2D eigenvalue weighted by Crippen LogP contribution is -2.52. The van der Waals surface area contributed by atoms with E-state index in [1.54, 1.807) is 6.92 Å². The standard InChI is InChI=1S/C10H22N2O3S/c1-9(2)7-11-16(14,15)12-6-4-5-10(3,13)8-12/h9,11,13H,4-8H2,1-3H3. The molecule has 96 valence electrons. The van der Waals surface area contributed by atoms with Crippen molar-refractivity contribution in [3.8, 4) is 0 Å². The summed E-state index contributed by atoms with van der Waals surface area (Å²) in [5.74, 6) is 0.278. The summed E-state index contributed by atoms with van der Waals surface area (Å²) in [6, 6.07) is 0. The largest absolute Gasteiger partial charge is 0.389 e. The van der Waals surface area contributed by atoms with Crippen LogP contribution in [0, 0.1) is 5.92 Å². The third-order valence-corrected chi connectivity index (χ3v) is 4.18. The van der Waals surface area contributed by atoms with Gasteiger partial charge < -0.3 is 5.11 Å². The van der Waals surface area contributed by atoms with Crippen LogP contribution in [0.5, 0.6) is 0 Å². The van der Waals surface area contributed by atoms with Crippen LogP contribution < -0.4 is 4.72 Å². The fraction of sp³-hybridized carbons (Fsp3) is 1.00. The Kier molecular flexibility index (Phi) is 4.34. The first-order chi connectivity index (χ1) is 7.23. The Hall–Kier alpha value is -0.170. The number of aliphatic hydroxyl groups is 1. The van der Waals surface area contributed by atoms with Crippen molar-refractivity contribution >= 4 is 10.2 Å². The number of nitrogens with one attached hydrogen (secondary N) is 1. The Labute approximate surface area is 98.0 Å². The van der Waals surface area contributed by atoms with Crippen molar-refractivity contribution < 1.29 is 13.5 Å². The molecule has 0 aromatic heterocycles. The van der Waals surface area contributed by atoms with E-state index in [9.17, 15) is 13.5 Å². The molecule has 1 heterocycles. The van der Waals surface area contributed by atoms with E-state index in [0.717, 1.165) is 0 Å². The lowest BCUT2D eigenvalue weighted by atomic mass is 9.97. The van der Waals surface area contributed by atoms with Crippen molar-refractivity contribution in [2.45, 2.75) is 39.2 Å². The fourth-order valence-electron chi connectivity index (χ4n) is 1.74. The molecule has 0 saturated carbocycles. The van der Waals surface area contributed by atoms with Crippen LogP contribution in [-0.2, 0) is 10.2 Å².